The number of benzene rings is 1. The summed E-state index contributed by atoms with van der Waals surface area (Å²) in [5.41, 5.74) is 0.988. The van der Waals surface area contributed by atoms with Gasteiger partial charge in [-0.25, -0.2) is 0 Å². The highest BCUT2D eigenvalue weighted by molar-refractivity contribution is 5.77. The van der Waals surface area contributed by atoms with Crippen LogP contribution in [0.5, 0.6) is 0 Å². The van der Waals surface area contributed by atoms with Crippen molar-refractivity contribution >= 4 is 11.0 Å². The molecule has 0 aliphatic carbocycles. The molecule has 1 aromatic heterocycles. The number of para-hydroxylation sites is 1. The SMILES string of the molecule is CN(C)CCCCCN(C)Cc1cc2ccccc2o1.[Cl-]. The van der Waals surface area contributed by atoms with Crippen molar-refractivity contribution < 1.29 is 16.8 Å². The van der Waals surface area contributed by atoms with E-state index in [2.05, 4.69) is 49.1 Å². The minimum atomic E-state index is 0. The van der Waals surface area contributed by atoms with Gasteiger partial charge in [0.2, 0.25) is 0 Å². The standard InChI is InChI=1S/C17H26N2O.ClH/c1-18(2)11-7-4-8-12-19(3)14-16-13-15-9-5-6-10-17(15)20-16;/h5-6,9-10,13H,4,7-8,11-12,14H2,1-3H3;1H/p-1. The van der Waals surface area contributed by atoms with Gasteiger partial charge in [0.05, 0.1) is 6.54 Å². The number of nitrogens with zero attached hydrogens (tertiary/aromatic N) is 2. The summed E-state index contributed by atoms with van der Waals surface area (Å²) in [7, 11) is 6.43. The first-order valence-electron chi connectivity index (χ1n) is 7.46. The lowest BCUT2D eigenvalue weighted by molar-refractivity contribution is -0.00000497. The fraction of sp³-hybridized carbons (Fsp3) is 0.529. The molecule has 1 heterocycles. The van der Waals surface area contributed by atoms with Crippen LogP contribution in [0.3, 0.4) is 0 Å². The molecule has 0 saturated heterocycles. The Morgan fingerprint density at radius 1 is 0.952 bits per heavy atom. The number of hydrogen-bond donors (Lipinski definition) is 0. The lowest BCUT2D eigenvalue weighted by Crippen LogP contribution is -3.00. The van der Waals surface area contributed by atoms with Gasteiger partial charge in [0.15, 0.2) is 0 Å². The number of fused-ring (bicyclic) bond motifs is 1. The first kappa shape index (κ1) is 18.0. The molecule has 0 atom stereocenters. The Hall–Kier alpha value is -1.03. The van der Waals surface area contributed by atoms with Crippen LogP contribution in [0.25, 0.3) is 11.0 Å². The first-order chi connectivity index (χ1) is 9.65. The second-order valence-electron chi connectivity index (χ2n) is 5.85. The third kappa shape index (κ3) is 6.08. The van der Waals surface area contributed by atoms with Crippen molar-refractivity contribution in [3.8, 4) is 0 Å². The molecule has 0 amide bonds. The van der Waals surface area contributed by atoms with E-state index < -0.39 is 0 Å². The van der Waals surface area contributed by atoms with E-state index in [9.17, 15) is 0 Å². The molecule has 4 heteroatoms. The van der Waals surface area contributed by atoms with Gasteiger partial charge in [0.25, 0.3) is 0 Å². The quantitative estimate of drug-likeness (QED) is 0.666. The largest absolute Gasteiger partial charge is 1.00 e. The van der Waals surface area contributed by atoms with Crippen LogP contribution in [-0.2, 0) is 6.54 Å². The summed E-state index contributed by atoms with van der Waals surface area (Å²) in [6, 6.07) is 10.3. The van der Waals surface area contributed by atoms with E-state index in [4.69, 9.17) is 4.42 Å². The van der Waals surface area contributed by atoms with Gasteiger partial charge in [0.1, 0.15) is 11.3 Å². The van der Waals surface area contributed by atoms with Crippen molar-refractivity contribution in [3.05, 3.63) is 36.1 Å². The van der Waals surface area contributed by atoms with Gasteiger partial charge in [-0.2, -0.15) is 0 Å². The first-order valence-corrected chi connectivity index (χ1v) is 7.46. The van der Waals surface area contributed by atoms with Crippen LogP contribution in [-0.4, -0.2) is 44.0 Å². The average Bonchev–Trinajstić information content (AvgIpc) is 2.79. The zero-order valence-electron chi connectivity index (χ0n) is 13.3. The predicted molar refractivity (Wildman–Crippen MR) is 85.0 cm³/mol. The van der Waals surface area contributed by atoms with Crippen LogP contribution in [0.2, 0.25) is 0 Å². The molecule has 21 heavy (non-hydrogen) atoms. The molecule has 0 aliphatic heterocycles. The van der Waals surface area contributed by atoms with Gasteiger partial charge in [0, 0.05) is 5.39 Å². The van der Waals surface area contributed by atoms with E-state index in [0.29, 0.717) is 0 Å². The molecule has 3 nitrogen and oxygen atoms in total. The molecule has 0 radical (unpaired) electrons. The molecule has 0 saturated carbocycles. The van der Waals surface area contributed by atoms with Gasteiger partial charge in [-0.3, -0.25) is 4.90 Å². The number of furan rings is 1. The van der Waals surface area contributed by atoms with E-state index in [1.807, 2.05) is 12.1 Å². The third-order valence-electron chi connectivity index (χ3n) is 3.55. The molecule has 0 spiro atoms. The number of rotatable bonds is 8. The van der Waals surface area contributed by atoms with E-state index >= 15 is 0 Å². The lowest BCUT2D eigenvalue weighted by Gasteiger charge is -2.15. The molecular weight excluding hydrogens is 284 g/mol. The topological polar surface area (TPSA) is 19.6 Å². The summed E-state index contributed by atoms with van der Waals surface area (Å²) in [6.07, 6.45) is 3.83. The summed E-state index contributed by atoms with van der Waals surface area (Å²) in [5, 5.41) is 1.20. The molecule has 0 bridgehead atoms. The Kier molecular flexibility index (Phi) is 7.79. The van der Waals surface area contributed by atoms with Gasteiger partial charge in [-0.1, -0.05) is 24.6 Å². The Morgan fingerprint density at radius 2 is 1.67 bits per heavy atom. The number of unbranched alkanes of at least 4 members (excludes halogenated alkanes) is 2. The molecular formula is C17H26ClN2O-. The van der Waals surface area contributed by atoms with Crippen molar-refractivity contribution in [2.24, 2.45) is 0 Å². The van der Waals surface area contributed by atoms with Crippen LogP contribution in [0.4, 0.5) is 0 Å². The summed E-state index contributed by atoms with van der Waals surface area (Å²) in [4.78, 5) is 4.59. The third-order valence-corrected chi connectivity index (χ3v) is 3.55. The fourth-order valence-corrected chi connectivity index (χ4v) is 2.45. The Morgan fingerprint density at radius 3 is 2.38 bits per heavy atom. The minimum absolute atomic E-state index is 0. The molecule has 2 rings (SSSR count). The smallest absolute Gasteiger partial charge is 0.134 e. The normalized spacial score (nSPS) is 11.3. The number of hydrogen-bond acceptors (Lipinski definition) is 3. The number of halogens is 1. The van der Waals surface area contributed by atoms with Crippen LogP contribution in [0, 0.1) is 0 Å². The fourth-order valence-electron chi connectivity index (χ4n) is 2.45. The highest BCUT2D eigenvalue weighted by Gasteiger charge is 2.06. The maximum absolute atomic E-state index is 5.85. The molecule has 0 fully saturated rings. The maximum Gasteiger partial charge on any atom is 0.134 e. The Labute approximate surface area is 134 Å². The minimum Gasteiger partial charge on any atom is -1.00 e. The summed E-state index contributed by atoms with van der Waals surface area (Å²) in [5.74, 6) is 1.06. The second kappa shape index (κ2) is 9.08. The summed E-state index contributed by atoms with van der Waals surface area (Å²) >= 11 is 0. The van der Waals surface area contributed by atoms with E-state index in [1.165, 1.54) is 31.2 Å². The van der Waals surface area contributed by atoms with Crippen LogP contribution >= 0.6 is 0 Å². The van der Waals surface area contributed by atoms with Gasteiger partial charge in [-0.05, 0) is 59.2 Å². The summed E-state index contributed by atoms with van der Waals surface area (Å²) in [6.45, 7) is 3.21. The van der Waals surface area contributed by atoms with Gasteiger partial charge >= 0.3 is 0 Å². The average molecular weight is 310 g/mol. The van der Waals surface area contributed by atoms with Crippen molar-refractivity contribution in [1.82, 2.24) is 9.80 Å². The van der Waals surface area contributed by atoms with Crippen molar-refractivity contribution in [3.63, 3.8) is 0 Å². The zero-order valence-corrected chi connectivity index (χ0v) is 14.1. The molecule has 0 unspecified atom stereocenters. The summed E-state index contributed by atoms with van der Waals surface area (Å²) < 4.78 is 5.85. The van der Waals surface area contributed by atoms with Gasteiger partial charge < -0.3 is 21.7 Å². The highest BCUT2D eigenvalue weighted by atomic mass is 35.5. The van der Waals surface area contributed by atoms with Crippen LogP contribution in [0.1, 0.15) is 25.0 Å². The molecule has 0 aliphatic rings. The van der Waals surface area contributed by atoms with Crippen molar-refractivity contribution in [1.29, 1.82) is 0 Å². The Balaban J connectivity index is 0.00000220. The highest BCUT2D eigenvalue weighted by Crippen LogP contribution is 2.19. The second-order valence-corrected chi connectivity index (χ2v) is 5.85. The zero-order chi connectivity index (χ0) is 14.4. The van der Waals surface area contributed by atoms with Crippen molar-refractivity contribution in [2.75, 3.05) is 34.2 Å². The van der Waals surface area contributed by atoms with E-state index in [0.717, 1.165) is 24.4 Å². The van der Waals surface area contributed by atoms with Crippen LogP contribution in [0.15, 0.2) is 34.7 Å². The molecule has 1 aromatic carbocycles. The lowest BCUT2D eigenvalue weighted by atomic mass is 10.2. The molecule has 0 N–H and O–H groups in total. The molecule has 118 valence electrons. The molecule has 2 aromatic rings. The predicted octanol–water partition coefficient (Wildman–Crippen LogP) is 0.601. The monoisotopic (exact) mass is 309 g/mol. The van der Waals surface area contributed by atoms with Gasteiger partial charge in [-0.15, -0.1) is 0 Å². The van der Waals surface area contributed by atoms with Crippen molar-refractivity contribution in [2.45, 2.75) is 25.8 Å². The van der Waals surface area contributed by atoms with E-state index in [1.54, 1.807) is 0 Å². The maximum atomic E-state index is 5.85. The van der Waals surface area contributed by atoms with Crippen LogP contribution < -0.4 is 12.4 Å². The van der Waals surface area contributed by atoms with E-state index in [-0.39, 0.29) is 12.4 Å². The Bertz CT molecular complexity index is 491.